The molecule has 1 aromatic carbocycles. The van der Waals surface area contributed by atoms with Gasteiger partial charge in [-0.3, -0.25) is 10.1 Å². The molecule has 4 heteroatoms. The fraction of sp³-hybridized carbons (Fsp3) is 0.300. The van der Waals surface area contributed by atoms with Gasteiger partial charge in [0.25, 0.3) is 0 Å². The molecule has 2 N–H and O–H groups in total. The van der Waals surface area contributed by atoms with Crippen LogP contribution in [0.3, 0.4) is 0 Å². The Morgan fingerprint density at radius 1 is 1.50 bits per heavy atom. The summed E-state index contributed by atoms with van der Waals surface area (Å²) in [6.45, 7) is 1.05. The number of carbonyl (C=O) groups is 1. The van der Waals surface area contributed by atoms with Gasteiger partial charge in [-0.2, -0.15) is 0 Å². The van der Waals surface area contributed by atoms with E-state index in [1.165, 1.54) is 0 Å². The van der Waals surface area contributed by atoms with Crippen molar-refractivity contribution in [3.63, 3.8) is 0 Å². The molecule has 1 heterocycles. The fourth-order valence-corrected chi connectivity index (χ4v) is 1.55. The molecule has 1 aromatic rings. The van der Waals surface area contributed by atoms with Gasteiger partial charge in [0.2, 0.25) is 0 Å². The van der Waals surface area contributed by atoms with Gasteiger partial charge in [-0.05, 0) is 6.07 Å². The van der Waals surface area contributed by atoms with Crippen LogP contribution in [0.4, 0.5) is 0 Å². The first-order valence-corrected chi connectivity index (χ1v) is 4.47. The maximum atomic E-state index is 11.0. The van der Waals surface area contributed by atoms with E-state index in [-0.39, 0.29) is 0 Å². The Morgan fingerprint density at radius 2 is 2.29 bits per heavy atom. The summed E-state index contributed by atoms with van der Waals surface area (Å²) in [4.78, 5) is 11.0. The first kappa shape index (κ1) is 9.02. The van der Waals surface area contributed by atoms with Crippen LogP contribution in [0.2, 0.25) is 0 Å². The monoisotopic (exact) mass is 193 g/mol. The molecule has 2 rings (SSSR count). The zero-order chi connectivity index (χ0) is 9.97. The van der Waals surface area contributed by atoms with Gasteiger partial charge in [-0.15, -0.1) is 0 Å². The molecular weight excluding hydrogens is 182 g/mol. The molecule has 1 aliphatic heterocycles. The Bertz CT molecular complexity index is 351. The van der Waals surface area contributed by atoms with Gasteiger partial charge < -0.3 is 9.84 Å². The van der Waals surface area contributed by atoms with E-state index in [0.29, 0.717) is 24.5 Å². The van der Waals surface area contributed by atoms with Crippen LogP contribution >= 0.6 is 0 Å². The normalized spacial score (nSPS) is 20.4. The third kappa shape index (κ3) is 1.56. The number of nitrogens with one attached hydrogen (secondary N) is 1. The van der Waals surface area contributed by atoms with Crippen LogP contribution in [0, 0.1) is 0 Å². The largest absolute Gasteiger partial charge is 0.492 e. The molecule has 0 bridgehead atoms. The van der Waals surface area contributed by atoms with Crippen LogP contribution < -0.4 is 10.1 Å². The average molecular weight is 193 g/mol. The van der Waals surface area contributed by atoms with E-state index in [4.69, 9.17) is 9.84 Å². The summed E-state index contributed by atoms with van der Waals surface area (Å²) in [7, 11) is 0. The van der Waals surface area contributed by atoms with E-state index in [9.17, 15) is 4.79 Å². The predicted octanol–water partition coefficient (Wildman–Crippen LogP) is 0.794. The number of benzene rings is 1. The number of hydrogen-bond acceptors (Lipinski definition) is 3. The Balaban J connectivity index is 2.42. The number of carboxylic acids is 1. The van der Waals surface area contributed by atoms with E-state index in [0.717, 1.165) is 0 Å². The molecule has 0 aliphatic carbocycles. The molecule has 0 amide bonds. The van der Waals surface area contributed by atoms with Gasteiger partial charge in [0.05, 0.1) is 0 Å². The minimum absolute atomic E-state index is 0.501. The summed E-state index contributed by atoms with van der Waals surface area (Å²) in [6.07, 6.45) is 0. The molecule has 0 spiro atoms. The van der Waals surface area contributed by atoms with Crippen LogP contribution in [0.1, 0.15) is 11.6 Å². The highest BCUT2D eigenvalue weighted by molar-refractivity contribution is 5.76. The average Bonchev–Trinajstić information content (AvgIpc) is 2.39. The zero-order valence-electron chi connectivity index (χ0n) is 7.56. The Morgan fingerprint density at radius 3 is 3.07 bits per heavy atom. The lowest BCUT2D eigenvalue weighted by Crippen LogP contribution is -2.29. The van der Waals surface area contributed by atoms with Crippen molar-refractivity contribution in [1.29, 1.82) is 0 Å². The number of fused-ring (bicyclic) bond motifs is 1. The van der Waals surface area contributed by atoms with E-state index >= 15 is 0 Å². The van der Waals surface area contributed by atoms with Crippen molar-refractivity contribution in [3.8, 4) is 5.75 Å². The standard InChI is InChI=1S/C10H11NO3/c12-10(13)9-7-3-1-2-4-8(7)14-6-5-11-9/h1-4,9,11H,5-6H2,(H,12,13). The fourth-order valence-electron chi connectivity index (χ4n) is 1.55. The van der Waals surface area contributed by atoms with Gasteiger partial charge in [-0.25, -0.2) is 0 Å². The number of aliphatic carboxylic acids is 1. The molecule has 0 fully saturated rings. The van der Waals surface area contributed by atoms with Crippen molar-refractivity contribution in [2.45, 2.75) is 6.04 Å². The van der Waals surface area contributed by atoms with Crippen LogP contribution in [0.15, 0.2) is 24.3 Å². The first-order chi connectivity index (χ1) is 6.79. The van der Waals surface area contributed by atoms with Crippen molar-refractivity contribution >= 4 is 5.97 Å². The smallest absolute Gasteiger partial charge is 0.325 e. The second kappa shape index (κ2) is 3.67. The van der Waals surface area contributed by atoms with E-state index < -0.39 is 12.0 Å². The van der Waals surface area contributed by atoms with E-state index in [2.05, 4.69) is 5.32 Å². The molecule has 74 valence electrons. The lowest BCUT2D eigenvalue weighted by Gasteiger charge is -2.11. The van der Waals surface area contributed by atoms with Crippen molar-refractivity contribution in [1.82, 2.24) is 5.32 Å². The van der Waals surface area contributed by atoms with Gasteiger partial charge in [0.15, 0.2) is 0 Å². The molecule has 0 saturated carbocycles. The molecule has 0 aromatic heterocycles. The number of ether oxygens (including phenoxy) is 1. The molecule has 1 atom stereocenters. The highest BCUT2D eigenvalue weighted by Gasteiger charge is 2.24. The van der Waals surface area contributed by atoms with E-state index in [1.807, 2.05) is 12.1 Å². The van der Waals surface area contributed by atoms with E-state index in [1.54, 1.807) is 12.1 Å². The van der Waals surface area contributed by atoms with Crippen molar-refractivity contribution in [2.24, 2.45) is 0 Å². The Hall–Kier alpha value is -1.55. The summed E-state index contributed by atoms with van der Waals surface area (Å²) in [6, 6.07) is 6.55. The maximum absolute atomic E-state index is 11.0. The third-order valence-electron chi connectivity index (χ3n) is 2.19. The highest BCUT2D eigenvalue weighted by atomic mass is 16.5. The molecule has 1 unspecified atom stereocenters. The van der Waals surface area contributed by atoms with Crippen LogP contribution in [0.25, 0.3) is 0 Å². The minimum atomic E-state index is -0.872. The molecule has 4 nitrogen and oxygen atoms in total. The molecule has 0 radical (unpaired) electrons. The second-order valence-corrected chi connectivity index (χ2v) is 3.11. The van der Waals surface area contributed by atoms with Crippen LogP contribution in [-0.4, -0.2) is 24.2 Å². The van der Waals surface area contributed by atoms with Crippen LogP contribution in [-0.2, 0) is 4.79 Å². The Labute approximate surface area is 81.5 Å². The van der Waals surface area contributed by atoms with Gasteiger partial charge in [0, 0.05) is 12.1 Å². The van der Waals surface area contributed by atoms with Crippen molar-refractivity contribution in [3.05, 3.63) is 29.8 Å². The Kier molecular flexibility index (Phi) is 2.37. The summed E-state index contributed by atoms with van der Waals surface area (Å²) >= 11 is 0. The van der Waals surface area contributed by atoms with Crippen molar-refractivity contribution < 1.29 is 14.6 Å². The zero-order valence-corrected chi connectivity index (χ0v) is 7.56. The number of hydrogen-bond donors (Lipinski definition) is 2. The minimum Gasteiger partial charge on any atom is -0.492 e. The summed E-state index contributed by atoms with van der Waals surface area (Å²) in [5.74, 6) is -0.215. The van der Waals surface area contributed by atoms with Crippen molar-refractivity contribution in [2.75, 3.05) is 13.2 Å². The van der Waals surface area contributed by atoms with Gasteiger partial charge in [-0.1, -0.05) is 18.2 Å². The molecule has 0 saturated heterocycles. The third-order valence-corrected chi connectivity index (χ3v) is 2.19. The highest BCUT2D eigenvalue weighted by Crippen LogP contribution is 2.26. The molecular formula is C10H11NO3. The summed E-state index contributed by atoms with van der Waals surface area (Å²) in [5.41, 5.74) is 0.692. The first-order valence-electron chi connectivity index (χ1n) is 4.47. The van der Waals surface area contributed by atoms with Gasteiger partial charge >= 0.3 is 5.97 Å². The van der Waals surface area contributed by atoms with Crippen LogP contribution in [0.5, 0.6) is 5.75 Å². The molecule has 1 aliphatic rings. The lowest BCUT2D eigenvalue weighted by molar-refractivity contribution is -0.139. The quantitative estimate of drug-likeness (QED) is 0.692. The number of para-hydroxylation sites is 1. The molecule has 14 heavy (non-hydrogen) atoms. The predicted molar refractivity (Wildman–Crippen MR) is 50.3 cm³/mol. The second-order valence-electron chi connectivity index (χ2n) is 3.11. The summed E-state index contributed by atoms with van der Waals surface area (Å²) in [5, 5.41) is 11.9. The SMILES string of the molecule is O=C(O)C1NCCOc2ccccc21. The topological polar surface area (TPSA) is 58.6 Å². The summed E-state index contributed by atoms with van der Waals surface area (Å²) < 4.78 is 5.40. The number of carboxylic acid groups (broad SMARTS) is 1. The van der Waals surface area contributed by atoms with Gasteiger partial charge in [0.1, 0.15) is 18.4 Å². The lowest BCUT2D eigenvalue weighted by atomic mass is 10.1. The number of rotatable bonds is 1. The maximum Gasteiger partial charge on any atom is 0.325 e.